The van der Waals surface area contributed by atoms with E-state index in [1.165, 1.54) is 5.01 Å². The first-order valence-electron chi connectivity index (χ1n) is 4.26. The third-order valence-electron chi connectivity index (χ3n) is 1.78. The highest BCUT2D eigenvalue weighted by atomic mass is 32.1. The standard InChI is InChI=1S/C9H11N5OS/c1-11-14(9(16)13-10)8-4-2-7(3-5-8)12-6-15/h2-6H,1,10H2,(H,12,15)(H,13,16). The van der Waals surface area contributed by atoms with E-state index in [0.717, 1.165) is 0 Å². The zero-order valence-electron chi connectivity index (χ0n) is 8.37. The number of rotatable bonds is 4. The molecule has 16 heavy (non-hydrogen) atoms. The third-order valence-corrected chi connectivity index (χ3v) is 2.09. The molecule has 84 valence electrons. The number of nitrogens with two attached hydrogens (primary N) is 1. The number of amidine groups is 1. The molecule has 0 unspecified atom stereocenters. The lowest BCUT2D eigenvalue weighted by Gasteiger charge is -2.16. The Morgan fingerprint density at radius 1 is 1.50 bits per heavy atom. The van der Waals surface area contributed by atoms with Crippen LogP contribution in [0, 0.1) is 0 Å². The van der Waals surface area contributed by atoms with Gasteiger partial charge in [-0.2, -0.15) is 10.2 Å². The van der Waals surface area contributed by atoms with Crippen LogP contribution >= 0.6 is 12.6 Å². The fourth-order valence-electron chi connectivity index (χ4n) is 1.08. The number of hydrogen-bond donors (Lipinski definition) is 3. The van der Waals surface area contributed by atoms with Gasteiger partial charge >= 0.3 is 0 Å². The van der Waals surface area contributed by atoms with E-state index in [2.05, 4.69) is 34.9 Å². The Hall–Kier alpha value is -2.02. The minimum atomic E-state index is 0.214. The van der Waals surface area contributed by atoms with E-state index in [-0.39, 0.29) is 5.17 Å². The predicted octanol–water partition coefficient (Wildman–Crippen LogP) is 0.836. The highest BCUT2D eigenvalue weighted by Crippen LogP contribution is 2.19. The summed E-state index contributed by atoms with van der Waals surface area (Å²) >= 11 is 4.03. The summed E-state index contributed by atoms with van der Waals surface area (Å²) in [7, 11) is 0. The summed E-state index contributed by atoms with van der Waals surface area (Å²) in [6, 6.07) is 6.86. The normalized spacial score (nSPS) is 10.7. The van der Waals surface area contributed by atoms with Crippen LogP contribution in [0.25, 0.3) is 0 Å². The Balaban J connectivity index is 2.94. The SMILES string of the molecule is C=NN(/C(S)=N\N)c1ccc(NC=O)cc1. The number of carbonyl (C=O) groups is 1. The minimum absolute atomic E-state index is 0.214. The van der Waals surface area contributed by atoms with Crippen molar-refractivity contribution in [2.45, 2.75) is 0 Å². The van der Waals surface area contributed by atoms with Gasteiger partial charge in [-0.05, 0) is 24.3 Å². The molecule has 0 aromatic heterocycles. The smallest absolute Gasteiger partial charge is 0.211 e. The molecule has 1 amide bonds. The van der Waals surface area contributed by atoms with E-state index in [4.69, 9.17) is 5.84 Å². The van der Waals surface area contributed by atoms with Crippen molar-refractivity contribution in [3.63, 3.8) is 0 Å². The van der Waals surface area contributed by atoms with Crippen LogP contribution in [0.15, 0.2) is 34.5 Å². The molecular formula is C9H11N5OS. The fraction of sp³-hybridized carbons (Fsp3) is 0. The van der Waals surface area contributed by atoms with Gasteiger partial charge in [-0.15, -0.1) is 12.6 Å². The van der Waals surface area contributed by atoms with Gasteiger partial charge < -0.3 is 11.2 Å². The molecular weight excluding hydrogens is 226 g/mol. The van der Waals surface area contributed by atoms with E-state index in [1.807, 2.05) is 0 Å². The molecule has 1 rings (SSSR count). The molecule has 0 heterocycles. The molecule has 6 nitrogen and oxygen atoms in total. The summed E-state index contributed by atoms with van der Waals surface area (Å²) in [6.07, 6.45) is 0.601. The quantitative estimate of drug-likeness (QED) is 0.181. The molecule has 0 spiro atoms. The average Bonchev–Trinajstić information content (AvgIpc) is 2.32. The third kappa shape index (κ3) is 2.74. The van der Waals surface area contributed by atoms with Gasteiger partial charge in [0.1, 0.15) is 0 Å². The predicted molar refractivity (Wildman–Crippen MR) is 68.8 cm³/mol. The summed E-state index contributed by atoms with van der Waals surface area (Å²) < 4.78 is 0. The minimum Gasteiger partial charge on any atom is -0.329 e. The molecule has 7 heteroatoms. The molecule has 3 N–H and O–H groups in total. The van der Waals surface area contributed by atoms with Crippen molar-refractivity contribution in [2.75, 3.05) is 10.3 Å². The van der Waals surface area contributed by atoms with Gasteiger partial charge in [-0.25, -0.2) is 5.01 Å². The van der Waals surface area contributed by atoms with Crippen molar-refractivity contribution >= 4 is 42.3 Å². The van der Waals surface area contributed by atoms with Gasteiger partial charge in [0.15, 0.2) is 0 Å². The first-order valence-corrected chi connectivity index (χ1v) is 4.71. The van der Waals surface area contributed by atoms with Crippen LogP contribution in [0.2, 0.25) is 0 Å². The van der Waals surface area contributed by atoms with Crippen molar-refractivity contribution in [3.8, 4) is 0 Å². The first kappa shape index (κ1) is 12.1. The Kier molecular flexibility index (Phi) is 4.34. The van der Waals surface area contributed by atoms with E-state index >= 15 is 0 Å². The number of anilines is 2. The van der Waals surface area contributed by atoms with Gasteiger partial charge in [-0.1, -0.05) is 0 Å². The maximum absolute atomic E-state index is 10.2. The van der Waals surface area contributed by atoms with Crippen molar-refractivity contribution in [2.24, 2.45) is 16.0 Å². The molecule has 1 aromatic rings. The second-order valence-corrected chi connectivity index (χ2v) is 3.09. The molecule has 0 bridgehead atoms. The van der Waals surface area contributed by atoms with Crippen LogP contribution in [0.1, 0.15) is 0 Å². The van der Waals surface area contributed by atoms with Crippen molar-refractivity contribution in [3.05, 3.63) is 24.3 Å². The Labute approximate surface area is 98.2 Å². The van der Waals surface area contributed by atoms with Crippen molar-refractivity contribution in [1.29, 1.82) is 0 Å². The number of hydrazone groups is 2. The fourth-order valence-corrected chi connectivity index (χ4v) is 1.26. The Morgan fingerprint density at radius 2 is 2.12 bits per heavy atom. The zero-order chi connectivity index (χ0) is 12.0. The van der Waals surface area contributed by atoms with Gasteiger partial charge in [0.2, 0.25) is 11.6 Å². The second-order valence-electron chi connectivity index (χ2n) is 2.69. The van der Waals surface area contributed by atoms with E-state index in [0.29, 0.717) is 17.8 Å². The molecule has 0 atom stereocenters. The number of thiol groups is 1. The highest BCUT2D eigenvalue weighted by Gasteiger charge is 2.07. The van der Waals surface area contributed by atoms with Crippen LogP contribution in [0.4, 0.5) is 11.4 Å². The molecule has 0 saturated heterocycles. The number of benzene rings is 1. The highest BCUT2D eigenvalue weighted by molar-refractivity contribution is 7.97. The summed E-state index contributed by atoms with van der Waals surface area (Å²) in [5, 5.41) is 11.2. The lowest BCUT2D eigenvalue weighted by molar-refractivity contribution is -0.105. The Bertz CT molecular complexity index is 403. The van der Waals surface area contributed by atoms with Gasteiger partial charge in [-0.3, -0.25) is 4.79 Å². The van der Waals surface area contributed by atoms with E-state index in [9.17, 15) is 4.79 Å². The van der Waals surface area contributed by atoms with Crippen LogP contribution in [0.3, 0.4) is 0 Å². The maximum Gasteiger partial charge on any atom is 0.211 e. The summed E-state index contributed by atoms with van der Waals surface area (Å²) in [5.74, 6) is 5.09. The largest absolute Gasteiger partial charge is 0.329 e. The van der Waals surface area contributed by atoms with Crippen molar-refractivity contribution < 1.29 is 4.79 Å². The molecule has 0 fully saturated rings. The molecule has 0 aliphatic rings. The van der Waals surface area contributed by atoms with Crippen LogP contribution in [-0.2, 0) is 4.79 Å². The average molecular weight is 237 g/mol. The van der Waals surface area contributed by atoms with Crippen LogP contribution in [-0.4, -0.2) is 18.3 Å². The molecule has 0 saturated carbocycles. The summed E-state index contributed by atoms with van der Waals surface area (Å²) in [6.45, 7) is 3.38. The maximum atomic E-state index is 10.2. The molecule has 1 aromatic carbocycles. The number of hydrogen-bond acceptors (Lipinski definition) is 4. The van der Waals surface area contributed by atoms with E-state index < -0.39 is 0 Å². The number of nitrogens with zero attached hydrogens (tertiary/aromatic N) is 3. The van der Waals surface area contributed by atoms with E-state index in [1.54, 1.807) is 24.3 Å². The molecule has 0 aliphatic heterocycles. The number of amides is 1. The second kappa shape index (κ2) is 5.76. The summed E-state index contributed by atoms with van der Waals surface area (Å²) in [5.41, 5.74) is 1.36. The lowest BCUT2D eigenvalue weighted by atomic mass is 10.3. The topological polar surface area (TPSA) is 83.1 Å². The molecule has 0 aliphatic carbocycles. The van der Waals surface area contributed by atoms with Crippen LogP contribution < -0.4 is 16.2 Å². The number of nitrogens with one attached hydrogen (secondary N) is 1. The lowest BCUT2D eigenvalue weighted by Crippen LogP contribution is -2.21. The Morgan fingerprint density at radius 3 is 2.56 bits per heavy atom. The van der Waals surface area contributed by atoms with Gasteiger partial charge in [0.05, 0.1) is 5.69 Å². The molecule has 0 radical (unpaired) electrons. The van der Waals surface area contributed by atoms with Gasteiger partial charge in [0.25, 0.3) is 0 Å². The van der Waals surface area contributed by atoms with Crippen molar-refractivity contribution in [1.82, 2.24) is 0 Å². The zero-order valence-corrected chi connectivity index (χ0v) is 9.26. The summed E-state index contributed by atoms with van der Waals surface area (Å²) in [4.78, 5) is 10.2. The monoisotopic (exact) mass is 237 g/mol. The van der Waals surface area contributed by atoms with Crippen LogP contribution in [0.5, 0.6) is 0 Å². The first-order chi connectivity index (χ1) is 7.72. The number of carbonyl (C=O) groups excluding carboxylic acids is 1. The van der Waals surface area contributed by atoms with Gasteiger partial charge in [0, 0.05) is 12.4 Å².